The third-order valence-electron chi connectivity index (χ3n) is 3.53. The molecule has 1 aromatic rings. The number of amides is 1. The number of aromatic nitrogens is 1. The molecule has 0 aliphatic heterocycles. The fourth-order valence-corrected chi connectivity index (χ4v) is 2.54. The van der Waals surface area contributed by atoms with Gasteiger partial charge in [-0.1, -0.05) is 12.8 Å². The van der Waals surface area contributed by atoms with E-state index in [2.05, 4.69) is 11.9 Å². The van der Waals surface area contributed by atoms with Crippen LogP contribution in [0.1, 0.15) is 48.7 Å². The summed E-state index contributed by atoms with van der Waals surface area (Å²) in [5.41, 5.74) is 1.66. The summed E-state index contributed by atoms with van der Waals surface area (Å²) >= 11 is 0. The highest BCUT2D eigenvalue weighted by Crippen LogP contribution is 2.24. The molecule has 1 heterocycles. The van der Waals surface area contributed by atoms with Crippen molar-refractivity contribution in [3.8, 4) is 0 Å². The van der Waals surface area contributed by atoms with Gasteiger partial charge in [0.05, 0.1) is 5.56 Å². The van der Waals surface area contributed by atoms with Gasteiger partial charge in [0.15, 0.2) is 0 Å². The number of hydrogen-bond acceptors (Lipinski definition) is 2. The van der Waals surface area contributed by atoms with E-state index < -0.39 is 0 Å². The number of aryl methyl sites for hydroxylation is 1. The van der Waals surface area contributed by atoms with Crippen LogP contribution < -0.4 is 0 Å². The van der Waals surface area contributed by atoms with Gasteiger partial charge in [-0.2, -0.15) is 0 Å². The molecule has 0 aromatic carbocycles. The molecule has 0 atom stereocenters. The van der Waals surface area contributed by atoms with Crippen LogP contribution in [0.3, 0.4) is 0 Å². The van der Waals surface area contributed by atoms with E-state index >= 15 is 0 Å². The van der Waals surface area contributed by atoms with Gasteiger partial charge in [-0.25, -0.2) is 0 Å². The average molecular weight is 232 g/mol. The highest BCUT2D eigenvalue weighted by molar-refractivity contribution is 5.94. The van der Waals surface area contributed by atoms with Gasteiger partial charge < -0.3 is 4.90 Å². The summed E-state index contributed by atoms with van der Waals surface area (Å²) in [6, 6.07) is 4.21. The molecule has 1 amide bonds. The summed E-state index contributed by atoms with van der Waals surface area (Å²) in [5, 5.41) is 0. The van der Waals surface area contributed by atoms with Crippen LogP contribution in [0.25, 0.3) is 0 Å². The van der Waals surface area contributed by atoms with E-state index in [1.165, 1.54) is 12.8 Å². The van der Waals surface area contributed by atoms with Crippen molar-refractivity contribution in [1.29, 1.82) is 0 Å². The maximum Gasteiger partial charge on any atom is 0.255 e. The Morgan fingerprint density at radius 2 is 2.12 bits per heavy atom. The van der Waals surface area contributed by atoms with Crippen LogP contribution in [-0.2, 0) is 0 Å². The first-order valence-corrected chi connectivity index (χ1v) is 6.46. The molecule has 1 aliphatic rings. The molecule has 0 unspecified atom stereocenters. The Bertz CT molecular complexity index is 380. The minimum Gasteiger partial charge on any atom is -0.336 e. The molecule has 1 saturated carbocycles. The Morgan fingerprint density at radius 1 is 1.41 bits per heavy atom. The molecule has 17 heavy (non-hydrogen) atoms. The molecule has 0 saturated heterocycles. The van der Waals surface area contributed by atoms with Crippen molar-refractivity contribution in [2.24, 2.45) is 0 Å². The molecule has 3 nitrogen and oxygen atoms in total. The maximum absolute atomic E-state index is 12.4. The zero-order chi connectivity index (χ0) is 12.3. The van der Waals surface area contributed by atoms with Gasteiger partial charge >= 0.3 is 0 Å². The third kappa shape index (κ3) is 2.65. The van der Waals surface area contributed by atoms with E-state index in [-0.39, 0.29) is 5.91 Å². The van der Waals surface area contributed by atoms with Crippen LogP contribution >= 0.6 is 0 Å². The normalized spacial score (nSPS) is 16.1. The second kappa shape index (κ2) is 5.30. The lowest BCUT2D eigenvalue weighted by Crippen LogP contribution is -2.38. The van der Waals surface area contributed by atoms with E-state index in [1.54, 1.807) is 6.20 Å². The third-order valence-corrected chi connectivity index (χ3v) is 3.53. The molecule has 1 aliphatic carbocycles. The number of carbonyl (C=O) groups excluding carboxylic acids is 1. The van der Waals surface area contributed by atoms with Crippen LogP contribution in [0, 0.1) is 6.92 Å². The fraction of sp³-hybridized carbons (Fsp3) is 0.571. The highest BCUT2D eigenvalue weighted by Gasteiger charge is 2.26. The Morgan fingerprint density at radius 3 is 2.65 bits per heavy atom. The minimum absolute atomic E-state index is 0.131. The number of pyridine rings is 1. The first kappa shape index (κ1) is 12.1. The average Bonchev–Trinajstić information content (AvgIpc) is 2.84. The Kier molecular flexibility index (Phi) is 3.77. The summed E-state index contributed by atoms with van der Waals surface area (Å²) in [7, 11) is 0. The van der Waals surface area contributed by atoms with E-state index in [9.17, 15) is 4.79 Å². The predicted octanol–water partition coefficient (Wildman–Crippen LogP) is 2.79. The smallest absolute Gasteiger partial charge is 0.255 e. The highest BCUT2D eigenvalue weighted by atomic mass is 16.2. The summed E-state index contributed by atoms with van der Waals surface area (Å²) in [6.07, 6.45) is 6.49. The quantitative estimate of drug-likeness (QED) is 0.803. The molecule has 0 bridgehead atoms. The monoisotopic (exact) mass is 232 g/mol. The van der Waals surface area contributed by atoms with Crippen LogP contribution in [0.2, 0.25) is 0 Å². The lowest BCUT2D eigenvalue weighted by molar-refractivity contribution is 0.0693. The van der Waals surface area contributed by atoms with Gasteiger partial charge in [-0.05, 0) is 38.8 Å². The minimum atomic E-state index is 0.131. The van der Waals surface area contributed by atoms with Gasteiger partial charge in [-0.3, -0.25) is 9.78 Å². The molecular weight excluding hydrogens is 212 g/mol. The molecule has 0 radical (unpaired) electrons. The molecular formula is C14H20N2O. The van der Waals surface area contributed by atoms with E-state index in [1.807, 2.05) is 24.0 Å². The maximum atomic E-state index is 12.4. The van der Waals surface area contributed by atoms with Crippen LogP contribution in [0.4, 0.5) is 0 Å². The topological polar surface area (TPSA) is 33.2 Å². The van der Waals surface area contributed by atoms with Crippen molar-refractivity contribution in [2.75, 3.05) is 6.54 Å². The van der Waals surface area contributed by atoms with Gasteiger partial charge in [0.2, 0.25) is 0 Å². The zero-order valence-corrected chi connectivity index (χ0v) is 10.6. The Balaban J connectivity index is 2.13. The predicted molar refractivity (Wildman–Crippen MR) is 67.9 cm³/mol. The molecule has 3 heteroatoms. The number of hydrogen-bond donors (Lipinski definition) is 0. The first-order chi connectivity index (χ1) is 8.22. The fourth-order valence-electron chi connectivity index (χ4n) is 2.54. The van der Waals surface area contributed by atoms with Crippen molar-refractivity contribution in [2.45, 2.75) is 45.6 Å². The molecule has 0 spiro atoms. The number of carbonyl (C=O) groups is 1. The van der Waals surface area contributed by atoms with Gasteiger partial charge in [0.25, 0.3) is 5.91 Å². The first-order valence-electron chi connectivity index (χ1n) is 6.46. The lowest BCUT2D eigenvalue weighted by atomic mass is 10.1. The molecule has 1 aromatic heterocycles. The summed E-state index contributed by atoms with van der Waals surface area (Å²) < 4.78 is 0. The van der Waals surface area contributed by atoms with Gasteiger partial charge in [0.1, 0.15) is 0 Å². The summed E-state index contributed by atoms with van der Waals surface area (Å²) in [5.74, 6) is 0.131. The van der Waals surface area contributed by atoms with Crippen LogP contribution in [0.15, 0.2) is 18.3 Å². The van der Waals surface area contributed by atoms with Crippen molar-refractivity contribution in [1.82, 2.24) is 9.88 Å². The zero-order valence-electron chi connectivity index (χ0n) is 10.6. The number of nitrogens with zero attached hydrogens (tertiary/aromatic N) is 2. The van der Waals surface area contributed by atoms with E-state index in [0.29, 0.717) is 11.6 Å². The SMILES string of the molecule is CCN(C(=O)c1ccc(C)nc1)C1CCCC1. The molecule has 2 rings (SSSR count). The molecule has 0 N–H and O–H groups in total. The standard InChI is InChI=1S/C14H20N2O/c1-3-16(13-6-4-5-7-13)14(17)12-9-8-11(2)15-10-12/h8-10,13H,3-7H2,1-2H3. The van der Waals surface area contributed by atoms with Crippen LogP contribution in [-0.4, -0.2) is 28.4 Å². The summed E-state index contributed by atoms with van der Waals surface area (Å²) in [6.45, 7) is 4.78. The molecule has 1 fully saturated rings. The number of rotatable bonds is 3. The summed E-state index contributed by atoms with van der Waals surface area (Å²) in [4.78, 5) is 18.6. The van der Waals surface area contributed by atoms with E-state index in [4.69, 9.17) is 0 Å². The Hall–Kier alpha value is -1.38. The van der Waals surface area contributed by atoms with E-state index in [0.717, 1.165) is 25.1 Å². The second-order valence-electron chi connectivity index (χ2n) is 4.72. The lowest BCUT2D eigenvalue weighted by Gasteiger charge is -2.27. The van der Waals surface area contributed by atoms with Gasteiger partial charge in [-0.15, -0.1) is 0 Å². The molecule has 92 valence electrons. The van der Waals surface area contributed by atoms with Crippen molar-refractivity contribution in [3.63, 3.8) is 0 Å². The van der Waals surface area contributed by atoms with Crippen molar-refractivity contribution in [3.05, 3.63) is 29.6 Å². The van der Waals surface area contributed by atoms with Crippen molar-refractivity contribution < 1.29 is 4.79 Å². The largest absolute Gasteiger partial charge is 0.336 e. The van der Waals surface area contributed by atoms with Gasteiger partial charge in [0, 0.05) is 24.5 Å². The second-order valence-corrected chi connectivity index (χ2v) is 4.72. The van der Waals surface area contributed by atoms with Crippen LogP contribution in [0.5, 0.6) is 0 Å². The Labute approximate surface area is 103 Å². The van der Waals surface area contributed by atoms with Crippen molar-refractivity contribution >= 4 is 5.91 Å².